The topological polar surface area (TPSA) is 50.9 Å². The maximum Gasteiger partial charge on any atom is 0.0378 e. The summed E-state index contributed by atoms with van der Waals surface area (Å²) in [7, 11) is 2.04. The highest BCUT2D eigenvalue weighted by molar-refractivity contribution is 5.44. The van der Waals surface area contributed by atoms with Crippen molar-refractivity contribution in [1.29, 1.82) is 0 Å². The van der Waals surface area contributed by atoms with Crippen molar-refractivity contribution in [3.63, 3.8) is 0 Å². The van der Waals surface area contributed by atoms with E-state index in [9.17, 15) is 0 Å². The van der Waals surface area contributed by atoms with E-state index in [1.807, 2.05) is 19.3 Å². The molecule has 1 atom stereocenters. The first kappa shape index (κ1) is 10.4. The Kier molecular flexibility index (Phi) is 3.21. The van der Waals surface area contributed by atoms with Gasteiger partial charge in [0.1, 0.15) is 0 Å². The van der Waals surface area contributed by atoms with E-state index in [2.05, 4.69) is 10.3 Å². The summed E-state index contributed by atoms with van der Waals surface area (Å²) < 4.78 is 0. The van der Waals surface area contributed by atoms with Crippen molar-refractivity contribution in [2.45, 2.75) is 31.7 Å². The number of likely N-dealkylation sites (N-methyl/N-ethyl adjacent to an activating group) is 1. The molecule has 2 rings (SSSR count). The fraction of sp³-hybridized carbons (Fsp3) is 0.583. The Balaban J connectivity index is 2.02. The predicted molar refractivity (Wildman–Crippen MR) is 62.5 cm³/mol. The molecule has 3 N–H and O–H groups in total. The van der Waals surface area contributed by atoms with E-state index in [0.29, 0.717) is 6.04 Å². The second kappa shape index (κ2) is 4.62. The number of pyridine rings is 1. The van der Waals surface area contributed by atoms with E-state index in [0.717, 1.165) is 18.0 Å². The monoisotopic (exact) mass is 205 g/mol. The molecule has 1 aliphatic rings. The standard InChI is InChI=1S/C12H19N3/c1-14-12(9-3-2-4-9)7-10-8-15-6-5-11(10)13/h5-6,8-9,12,14H,2-4,7H2,1H3,(H2,13,15). The SMILES string of the molecule is CNC(Cc1cnccc1N)C1CCC1. The van der Waals surface area contributed by atoms with Crippen molar-refractivity contribution in [3.8, 4) is 0 Å². The number of nitrogen functional groups attached to an aromatic ring is 1. The lowest BCUT2D eigenvalue weighted by Gasteiger charge is -2.33. The summed E-state index contributed by atoms with van der Waals surface area (Å²) >= 11 is 0. The van der Waals surface area contributed by atoms with Gasteiger partial charge in [-0.1, -0.05) is 6.42 Å². The zero-order chi connectivity index (χ0) is 10.7. The van der Waals surface area contributed by atoms with Crippen molar-refractivity contribution in [2.75, 3.05) is 12.8 Å². The highest BCUT2D eigenvalue weighted by Gasteiger charge is 2.26. The van der Waals surface area contributed by atoms with Crippen LogP contribution >= 0.6 is 0 Å². The maximum atomic E-state index is 5.92. The van der Waals surface area contributed by atoms with Gasteiger partial charge < -0.3 is 11.1 Å². The molecule has 0 aromatic carbocycles. The lowest BCUT2D eigenvalue weighted by Crippen LogP contribution is -2.39. The molecule has 1 unspecified atom stereocenters. The van der Waals surface area contributed by atoms with Gasteiger partial charge in [-0.2, -0.15) is 0 Å². The molecule has 15 heavy (non-hydrogen) atoms. The summed E-state index contributed by atoms with van der Waals surface area (Å²) in [5.41, 5.74) is 7.95. The molecule has 0 spiro atoms. The fourth-order valence-corrected chi connectivity index (χ4v) is 2.19. The van der Waals surface area contributed by atoms with Crippen LogP contribution in [0.1, 0.15) is 24.8 Å². The summed E-state index contributed by atoms with van der Waals surface area (Å²) in [4.78, 5) is 4.13. The lowest BCUT2D eigenvalue weighted by atomic mass is 9.78. The number of nitrogens with two attached hydrogens (primary N) is 1. The summed E-state index contributed by atoms with van der Waals surface area (Å²) in [6.45, 7) is 0. The van der Waals surface area contributed by atoms with Crippen LogP contribution < -0.4 is 11.1 Å². The second-order valence-corrected chi connectivity index (χ2v) is 4.36. The van der Waals surface area contributed by atoms with Crippen LogP contribution in [-0.4, -0.2) is 18.1 Å². The molecule has 0 aliphatic heterocycles. The molecular weight excluding hydrogens is 186 g/mol. The number of hydrogen-bond acceptors (Lipinski definition) is 3. The maximum absolute atomic E-state index is 5.92. The fourth-order valence-electron chi connectivity index (χ4n) is 2.19. The summed E-state index contributed by atoms with van der Waals surface area (Å²) in [5.74, 6) is 0.828. The van der Waals surface area contributed by atoms with Crippen LogP contribution in [0.5, 0.6) is 0 Å². The number of nitrogens with one attached hydrogen (secondary N) is 1. The van der Waals surface area contributed by atoms with Crippen molar-refractivity contribution >= 4 is 5.69 Å². The summed E-state index contributed by atoms with van der Waals surface area (Å²) in [6, 6.07) is 2.44. The quantitative estimate of drug-likeness (QED) is 0.785. The number of rotatable bonds is 4. The third kappa shape index (κ3) is 2.29. The van der Waals surface area contributed by atoms with Crippen molar-refractivity contribution in [1.82, 2.24) is 10.3 Å². The largest absolute Gasteiger partial charge is 0.398 e. The third-order valence-electron chi connectivity index (χ3n) is 3.47. The van der Waals surface area contributed by atoms with Gasteiger partial charge in [0.2, 0.25) is 0 Å². The minimum atomic E-state index is 0.560. The van der Waals surface area contributed by atoms with Gasteiger partial charge in [-0.15, -0.1) is 0 Å². The van der Waals surface area contributed by atoms with Gasteiger partial charge in [0.25, 0.3) is 0 Å². The molecule has 1 saturated carbocycles. The van der Waals surface area contributed by atoms with Crippen LogP contribution in [0.25, 0.3) is 0 Å². The molecule has 1 aliphatic carbocycles. The normalized spacial score (nSPS) is 18.5. The Morgan fingerprint density at radius 2 is 2.40 bits per heavy atom. The number of anilines is 1. The minimum absolute atomic E-state index is 0.560. The Hall–Kier alpha value is -1.09. The number of nitrogens with zero attached hydrogens (tertiary/aromatic N) is 1. The molecule has 1 fully saturated rings. The van der Waals surface area contributed by atoms with Gasteiger partial charge in [0.15, 0.2) is 0 Å². The molecule has 1 aromatic heterocycles. The van der Waals surface area contributed by atoms with Gasteiger partial charge in [0.05, 0.1) is 0 Å². The molecule has 0 radical (unpaired) electrons. The third-order valence-corrected chi connectivity index (χ3v) is 3.47. The molecule has 3 nitrogen and oxygen atoms in total. The minimum Gasteiger partial charge on any atom is -0.398 e. The van der Waals surface area contributed by atoms with E-state index < -0.39 is 0 Å². The molecule has 0 saturated heterocycles. The Labute approximate surface area is 91.1 Å². The Morgan fingerprint density at radius 3 is 2.93 bits per heavy atom. The highest BCUT2D eigenvalue weighted by Crippen LogP contribution is 2.31. The zero-order valence-electron chi connectivity index (χ0n) is 9.24. The molecule has 82 valence electrons. The van der Waals surface area contributed by atoms with Crippen molar-refractivity contribution in [2.24, 2.45) is 5.92 Å². The van der Waals surface area contributed by atoms with Crippen LogP contribution in [0.3, 0.4) is 0 Å². The molecule has 0 bridgehead atoms. The molecule has 3 heteroatoms. The molecule has 1 aromatic rings. The summed E-state index contributed by atoms with van der Waals surface area (Å²) in [6.07, 6.45) is 8.72. The van der Waals surface area contributed by atoms with E-state index in [1.54, 1.807) is 6.20 Å². The average Bonchev–Trinajstić information content (AvgIpc) is 2.17. The Morgan fingerprint density at radius 1 is 1.60 bits per heavy atom. The molecule has 1 heterocycles. The van der Waals surface area contributed by atoms with Gasteiger partial charge in [-0.3, -0.25) is 4.98 Å². The van der Waals surface area contributed by atoms with Crippen LogP contribution in [0.15, 0.2) is 18.5 Å². The van der Waals surface area contributed by atoms with Gasteiger partial charge >= 0.3 is 0 Å². The number of hydrogen-bond donors (Lipinski definition) is 2. The van der Waals surface area contributed by atoms with Crippen molar-refractivity contribution < 1.29 is 0 Å². The van der Waals surface area contributed by atoms with Crippen LogP contribution in [0, 0.1) is 5.92 Å². The van der Waals surface area contributed by atoms with E-state index in [4.69, 9.17) is 5.73 Å². The van der Waals surface area contributed by atoms with E-state index in [1.165, 1.54) is 24.8 Å². The smallest absolute Gasteiger partial charge is 0.0378 e. The lowest BCUT2D eigenvalue weighted by molar-refractivity contribution is 0.236. The Bertz CT molecular complexity index is 320. The number of aromatic nitrogens is 1. The van der Waals surface area contributed by atoms with Crippen LogP contribution in [-0.2, 0) is 6.42 Å². The van der Waals surface area contributed by atoms with E-state index >= 15 is 0 Å². The van der Waals surface area contributed by atoms with Crippen LogP contribution in [0.2, 0.25) is 0 Å². The highest BCUT2D eigenvalue weighted by atomic mass is 14.9. The van der Waals surface area contributed by atoms with Gasteiger partial charge in [-0.25, -0.2) is 0 Å². The second-order valence-electron chi connectivity index (χ2n) is 4.36. The summed E-state index contributed by atoms with van der Waals surface area (Å²) in [5, 5.41) is 3.40. The predicted octanol–water partition coefficient (Wildman–Crippen LogP) is 1.59. The van der Waals surface area contributed by atoms with Gasteiger partial charge in [0, 0.05) is 24.1 Å². The average molecular weight is 205 g/mol. The molecule has 0 amide bonds. The van der Waals surface area contributed by atoms with E-state index in [-0.39, 0.29) is 0 Å². The van der Waals surface area contributed by atoms with Crippen molar-refractivity contribution in [3.05, 3.63) is 24.0 Å². The first-order chi connectivity index (χ1) is 7.31. The first-order valence-electron chi connectivity index (χ1n) is 5.67. The first-order valence-corrected chi connectivity index (χ1v) is 5.67. The van der Waals surface area contributed by atoms with Crippen LogP contribution in [0.4, 0.5) is 5.69 Å². The zero-order valence-corrected chi connectivity index (χ0v) is 9.24. The van der Waals surface area contributed by atoms with Gasteiger partial charge in [-0.05, 0) is 43.9 Å². The molecular formula is C12H19N3.